The van der Waals surface area contributed by atoms with Gasteiger partial charge in [-0.25, -0.2) is 0 Å². The van der Waals surface area contributed by atoms with Crippen LogP contribution in [0.5, 0.6) is 5.75 Å². The molecule has 0 radical (unpaired) electrons. The molecule has 1 aromatic carbocycles. The third-order valence-electron chi connectivity index (χ3n) is 2.52. The van der Waals surface area contributed by atoms with Crippen LogP contribution in [0.1, 0.15) is 5.56 Å². The number of benzene rings is 1. The molecule has 0 N–H and O–H groups in total. The Morgan fingerprint density at radius 1 is 1.47 bits per heavy atom. The molecule has 0 amide bonds. The van der Waals surface area contributed by atoms with Gasteiger partial charge in [-0.15, -0.1) is 0 Å². The van der Waals surface area contributed by atoms with E-state index in [4.69, 9.17) is 15.5 Å². The molecule has 0 bridgehead atoms. The zero-order chi connectivity index (χ0) is 13.7. The lowest BCUT2D eigenvalue weighted by Crippen LogP contribution is -1.94. The Kier molecular flexibility index (Phi) is 3.67. The minimum absolute atomic E-state index is 0.0569. The van der Waals surface area contributed by atoms with Crippen molar-refractivity contribution >= 4 is 0 Å². The van der Waals surface area contributed by atoms with Crippen molar-refractivity contribution in [2.24, 2.45) is 5.11 Å². The van der Waals surface area contributed by atoms with Gasteiger partial charge >= 0.3 is 0 Å². The molecule has 94 valence electrons. The molecule has 0 aliphatic heterocycles. The van der Waals surface area contributed by atoms with Crippen molar-refractivity contribution in [1.82, 2.24) is 9.78 Å². The lowest BCUT2D eigenvalue weighted by Gasteiger charge is -2.01. The van der Waals surface area contributed by atoms with E-state index in [1.54, 1.807) is 25.4 Å². The highest BCUT2D eigenvalue weighted by atomic mass is 16.5. The van der Waals surface area contributed by atoms with Crippen LogP contribution in [0.3, 0.4) is 0 Å². The molecule has 0 spiro atoms. The van der Waals surface area contributed by atoms with Gasteiger partial charge in [0.05, 0.1) is 12.7 Å². The molecule has 7 nitrogen and oxygen atoms in total. The van der Waals surface area contributed by atoms with Crippen LogP contribution in [0, 0.1) is 11.3 Å². The second kappa shape index (κ2) is 5.58. The first kappa shape index (κ1) is 12.5. The predicted molar refractivity (Wildman–Crippen MR) is 68.1 cm³/mol. The average Bonchev–Trinajstić information content (AvgIpc) is 2.88. The highest BCUT2D eigenvalue weighted by Gasteiger charge is 2.10. The maximum Gasteiger partial charge on any atom is 0.120 e. The van der Waals surface area contributed by atoms with Crippen LogP contribution in [0.15, 0.2) is 35.6 Å². The summed E-state index contributed by atoms with van der Waals surface area (Å²) in [6.45, 7) is 0.0569. The highest BCUT2D eigenvalue weighted by Crippen LogP contribution is 2.23. The average molecular weight is 254 g/mol. The van der Waals surface area contributed by atoms with Gasteiger partial charge in [-0.3, -0.25) is 4.68 Å². The van der Waals surface area contributed by atoms with Gasteiger partial charge in [0.15, 0.2) is 0 Å². The van der Waals surface area contributed by atoms with E-state index in [0.717, 1.165) is 11.3 Å². The van der Waals surface area contributed by atoms with E-state index in [9.17, 15) is 0 Å². The fraction of sp³-hybridized carbons (Fsp3) is 0.167. The third kappa shape index (κ3) is 2.65. The summed E-state index contributed by atoms with van der Waals surface area (Å²) >= 11 is 0. The first-order valence-electron chi connectivity index (χ1n) is 5.41. The molecule has 0 unspecified atom stereocenters. The van der Waals surface area contributed by atoms with Crippen LogP contribution >= 0.6 is 0 Å². The Hall–Kier alpha value is -2.97. The monoisotopic (exact) mass is 254 g/mol. The van der Waals surface area contributed by atoms with Crippen molar-refractivity contribution < 1.29 is 4.74 Å². The SMILES string of the molecule is COc1ccc(-c2nn(CN=[N+]=[N-])cc2C#N)cc1. The van der Waals surface area contributed by atoms with E-state index >= 15 is 0 Å². The summed E-state index contributed by atoms with van der Waals surface area (Å²) in [6.07, 6.45) is 1.55. The van der Waals surface area contributed by atoms with Crippen molar-refractivity contribution in [2.45, 2.75) is 6.67 Å². The molecule has 0 aliphatic rings. The first-order chi connectivity index (χ1) is 9.28. The molecule has 0 saturated heterocycles. The van der Waals surface area contributed by atoms with E-state index < -0.39 is 0 Å². The molecule has 0 saturated carbocycles. The topological polar surface area (TPSA) is 99.6 Å². The molecule has 2 aromatic rings. The quantitative estimate of drug-likeness (QED) is 0.476. The number of hydrogen-bond acceptors (Lipinski definition) is 4. The van der Waals surface area contributed by atoms with Gasteiger partial charge in [0.1, 0.15) is 24.2 Å². The van der Waals surface area contributed by atoms with Crippen molar-refractivity contribution in [1.29, 1.82) is 5.26 Å². The Labute approximate surface area is 109 Å². The molecular formula is C12H10N6O. The second-order valence-electron chi connectivity index (χ2n) is 3.64. The molecule has 2 rings (SSSR count). The summed E-state index contributed by atoms with van der Waals surface area (Å²) in [5, 5.41) is 16.7. The number of nitrogens with zero attached hydrogens (tertiary/aromatic N) is 6. The van der Waals surface area contributed by atoms with Gasteiger partial charge in [-0.2, -0.15) is 10.4 Å². The molecule has 19 heavy (non-hydrogen) atoms. The first-order valence-corrected chi connectivity index (χ1v) is 5.41. The summed E-state index contributed by atoms with van der Waals surface area (Å²) in [4.78, 5) is 2.66. The van der Waals surface area contributed by atoms with Crippen LogP contribution in [0.25, 0.3) is 21.7 Å². The van der Waals surface area contributed by atoms with Crippen LogP contribution in [0.2, 0.25) is 0 Å². The number of rotatable bonds is 4. The van der Waals surface area contributed by atoms with Crippen LogP contribution < -0.4 is 4.74 Å². The van der Waals surface area contributed by atoms with Crippen molar-refractivity contribution in [3.63, 3.8) is 0 Å². The number of ether oxygens (including phenoxy) is 1. The number of hydrogen-bond donors (Lipinski definition) is 0. The second-order valence-corrected chi connectivity index (χ2v) is 3.64. The van der Waals surface area contributed by atoms with Crippen molar-refractivity contribution in [3.05, 3.63) is 46.5 Å². The van der Waals surface area contributed by atoms with Crippen molar-refractivity contribution in [2.75, 3.05) is 7.11 Å². The predicted octanol–water partition coefficient (Wildman–Crippen LogP) is 2.70. The molecule has 7 heteroatoms. The minimum Gasteiger partial charge on any atom is -0.497 e. The smallest absolute Gasteiger partial charge is 0.120 e. The third-order valence-corrected chi connectivity index (χ3v) is 2.52. The Morgan fingerprint density at radius 2 is 2.21 bits per heavy atom. The zero-order valence-electron chi connectivity index (χ0n) is 10.2. The van der Waals surface area contributed by atoms with Gasteiger partial charge in [0.2, 0.25) is 0 Å². The van der Waals surface area contributed by atoms with Gasteiger partial charge in [-0.1, -0.05) is 5.11 Å². The van der Waals surface area contributed by atoms with E-state index in [0.29, 0.717) is 11.3 Å². The van der Waals surface area contributed by atoms with Crippen LogP contribution in [-0.4, -0.2) is 16.9 Å². The van der Waals surface area contributed by atoms with Gasteiger partial charge in [0, 0.05) is 16.7 Å². The normalized spacial score (nSPS) is 9.47. The standard InChI is InChI=1S/C12H10N6O/c1-19-11-4-2-9(3-5-11)12-10(6-13)7-18(16-12)8-15-17-14/h2-5,7H,8H2,1H3. The van der Waals surface area contributed by atoms with Crippen LogP contribution in [-0.2, 0) is 6.67 Å². The van der Waals surface area contributed by atoms with Crippen molar-refractivity contribution in [3.8, 4) is 23.1 Å². The summed E-state index contributed by atoms with van der Waals surface area (Å²) in [5.74, 6) is 0.732. The van der Waals surface area contributed by atoms with Gasteiger partial charge in [0.25, 0.3) is 0 Å². The van der Waals surface area contributed by atoms with Crippen LogP contribution in [0.4, 0.5) is 0 Å². The largest absolute Gasteiger partial charge is 0.497 e. The summed E-state index contributed by atoms with van der Waals surface area (Å²) in [6, 6.07) is 9.30. The molecular weight excluding hydrogens is 244 g/mol. The fourth-order valence-corrected chi connectivity index (χ4v) is 1.63. The molecule has 1 aromatic heterocycles. The van der Waals surface area contributed by atoms with E-state index in [2.05, 4.69) is 21.2 Å². The number of aromatic nitrogens is 2. The highest BCUT2D eigenvalue weighted by molar-refractivity contribution is 5.66. The molecule has 0 atom stereocenters. The maximum atomic E-state index is 9.09. The number of methoxy groups -OCH3 is 1. The van der Waals surface area contributed by atoms with E-state index in [-0.39, 0.29) is 6.67 Å². The van der Waals surface area contributed by atoms with E-state index in [1.807, 2.05) is 12.1 Å². The minimum atomic E-state index is 0.0569. The lowest BCUT2D eigenvalue weighted by molar-refractivity contribution is 0.415. The van der Waals surface area contributed by atoms with Gasteiger partial charge in [-0.05, 0) is 29.8 Å². The van der Waals surface area contributed by atoms with E-state index in [1.165, 1.54) is 4.68 Å². The Bertz CT molecular complexity index is 661. The summed E-state index contributed by atoms with van der Waals surface area (Å²) < 4.78 is 6.50. The lowest BCUT2D eigenvalue weighted by atomic mass is 10.1. The fourth-order valence-electron chi connectivity index (χ4n) is 1.63. The van der Waals surface area contributed by atoms with Gasteiger partial charge < -0.3 is 4.74 Å². The number of nitriles is 1. The number of azide groups is 1. The summed E-state index contributed by atoms with van der Waals surface area (Å²) in [5.41, 5.74) is 10.1. The Balaban J connectivity index is 2.39. The summed E-state index contributed by atoms with van der Waals surface area (Å²) in [7, 11) is 1.59. The molecule has 0 fully saturated rings. The maximum absolute atomic E-state index is 9.09. The Morgan fingerprint density at radius 3 is 2.79 bits per heavy atom. The molecule has 1 heterocycles. The zero-order valence-corrected chi connectivity index (χ0v) is 10.2. The molecule has 0 aliphatic carbocycles.